The summed E-state index contributed by atoms with van der Waals surface area (Å²) in [5.41, 5.74) is -0.724. The molecule has 0 fully saturated rings. The normalized spacial score (nSPS) is 12.9. The van der Waals surface area contributed by atoms with Crippen LogP contribution in [0.25, 0.3) is 0 Å². The molecular formula is C30H49F5O3. The van der Waals surface area contributed by atoms with E-state index in [1.807, 2.05) is 20.8 Å². The smallest absolute Gasteiger partial charge is 0.285 e. The van der Waals surface area contributed by atoms with Crippen molar-refractivity contribution in [1.82, 2.24) is 0 Å². The predicted molar refractivity (Wildman–Crippen MR) is 141 cm³/mol. The highest BCUT2D eigenvalue weighted by Crippen LogP contribution is 2.35. The first-order valence-electron chi connectivity index (χ1n) is 14.7. The van der Waals surface area contributed by atoms with E-state index in [0.717, 1.165) is 44.9 Å². The molecule has 0 aromatic heterocycles. The van der Waals surface area contributed by atoms with Crippen LogP contribution >= 0.6 is 0 Å². The van der Waals surface area contributed by atoms with Gasteiger partial charge in [-0.1, -0.05) is 77.6 Å². The zero-order valence-corrected chi connectivity index (χ0v) is 23.9. The SMILES string of the molecule is CCCCCCCCC(CCCCCCCCc1c(F)c(F)c(F)c(F)c1F)C(OCC)(OCC)OCC. The third-order valence-corrected chi connectivity index (χ3v) is 6.97. The van der Waals surface area contributed by atoms with E-state index < -0.39 is 40.6 Å². The number of benzene rings is 1. The molecular weight excluding hydrogens is 503 g/mol. The number of unbranched alkanes of at least 4 members (excludes halogenated alkanes) is 10. The molecule has 1 atom stereocenters. The molecule has 0 saturated carbocycles. The molecule has 3 nitrogen and oxygen atoms in total. The van der Waals surface area contributed by atoms with Gasteiger partial charge in [0.15, 0.2) is 23.3 Å². The molecule has 0 N–H and O–H groups in total. The van der Waals surface area contributed by atoms with E-state index in [2.05, 4.69) is 6.92 Å². The highest BCUT2D eigenvalue weighted by molar-refractivity contribution is 5.24. The van der Waals surface area contributed by atoms with Crippen LogP contribution in [0.15, 0.2) is 0 Å². The van der Waals surface area contributed by atoms with Crippen molar-refractivity contribution in [3.8, 4) is 0 Å². The Labute approximate surface area is 226 Å². The van der Waals surface area contributed by atoms with Crippen molar-refractivity contribution in [3.63, 3.8) is 0 Å². The van der Waals surface area contributed by atoms with E-state index in [1.54, 1.807) is 0 Å². The molecule has 0 radical (unpaired) electrons. The number of hydrogen-bond donors (Lipinski definition) is 0. The molecule has 0 spiro atoms. The van der Waals surface area contributed by atoms with Gasteiger partial charge in [-0.05, 0) is 46.5 Å². The van der Waals surface area contributed by atoms with Crippen LogP contribution in [0.2, 0.25) is 0 Å². The minimum Gasteiger partial charge on any atom is -0.328 e. The molecule has 8 heteroatoms. The van der Waals surface area contributed by atoms with Crippen molar-refractivity contribution < 1.29 is 36.2 Å². The van der Waals surface area contributed by atoms with Crippen molar-refractivity contribution in [3.05, 3.63) is 34.6 Å². The van der Waals surface area contributed by atoms with Gasteiger partial charge in [0.2, 0.25) is 5.82 Å². The van der Waals surface area contributed by atoms with Gasteiger partial charge in [-0.25, -0.2) is 22.0 Å². The van der Waals surface area contributed by atoms with Gasteiger partial charge in [0.05, 0.1) is 0 Å². The first-order chi connectivity index (χ1) is 18.3. The maximum Gasteiger partial charge on any atom is 0.285 e. The Bertz CT molecular complexity index is 729. The second-order valence-electron chi connectivity index (χ2n) is 9.86. The lowest BCUT2D eigenvalue weighted by Crippen LogP contribution is -2.46. The fourth-order valence-electron chi connectivity index (χ4n) is 5.02. The minimum absolute atomic E-state index is 0.114. The monoisotopic (exact) mass is 552 g/mol. The Morgan fingerprint density at radius 2 is 0.868 bits per heavy atom. The third-order valence-electron chi connectivity index (χ3n) is 6.97. The second-order valence-corrected chi connectivity index (χ2v) is 9.86. The second kappa shape index (κ2) is 19.8. The number of rotatable bonds is 23. The molecule has 0 amide bonds. The van der Waals surface area contributed by atoms with E-state index in [9.17, 15) is 22.0 Å². The minimum atomic E-state index is -2.11. The summed E-state index contributed by atoms with van der Waals surface area (Å²) < 4.78 is 85.8. The van der Waals surface area contributed by atoms with Crippen molar-refractivity contribution in [2.45, 2.75) is 130 Å². The van der Waals surface area contributed by atoms with Crippen LogP contribution in [-0.4, -0.2) is 25.8 Å². The molecule has 0 aliphatic rings. The Morgan fingerprint density at radius 3 is 1.29 bits per heavy atom. The lowest BCUT2D eigenvalue weighted by Gasteiger charge is -2.39. The van der Waals surface area contributed by atoms with Crippen LogP contribution < -0.4 is 0 Å². The molecule has 0 aliphatic carbocycles. The van der Waals surface area contributed by atoms with Gasteiger partial charge in [-0.2, -0.15) is 0 Å². The number of ether oxygens (including phenoxy) is 3. The summed E-state index contributed by atoms with van der Waals surface area (Å²) in [4.78, 5) is 0. The van der Waals surface area contributed by atoms with E-state index >= 15 is 0 Å². The first-order valence-corrected chi connectivity index (χ1v) is 14.7. The van der Waals surface area contributed by atoms with Gasteiger partial charge < -0.3 is 14.2 Å². The van der Waals surface area contributed by atoms with Crippen LogP contribution in [0.4, 0.5) is 22.0 Å². The van der Waals surface area contributed by atoms with E-state index in [4.69, 9.17) is 14.2 Å². The Hall–Kier alpha value is -1.25. The summed E-state index contributed by atoms with van der Waals surface area (Å²) in [6, 6.07) is 0. The van der Waals surface area contributed by atoms with Gasteiger partial charge in [-0.3, -0.25) is 0 Å². The number of hydrogen-bond acceptors (Lipinski definition) is 3. The average molecular weight is 553 g/mol. The van der Waals surface area contributed by atoms with E-state index in [-0.39, 0.29) is 12.3 Å². The Balaban J connectivity index is 2.56. The van der Waals surface area contributed by atoms with Crippen molar-refractivity contribution in [2.24, 2.45) is 5.92 Å². The zero-order chi connectivity index (χ0) is 28.4. The van der Waals surface area contributed by atoms with E-state index in [0.29, 0.717) is 32.7 Å². The van der Waals surface area contributed by atoms with Crippen LogP contribution in [-0.2, 0) is 20.6 Å². The van der Waals surface area contributed by atoms with Crippen molar-refractivity contribution in [2.75, 3.05) is 19.8 Å². The maximum atomic E-state index is 13.8. The Kier molecular flexibility index (Phi) is 18.1. The standard InChI is InChI=1S/C30H49F5O3/c1-5-9-10-11-14-17-20-23(30(36-6-2,37-7-3)38-8-4)21-18-15-12-13-16-19-22-24-25(31)27(33)29(35)28(34)26(24)32/h23H,5-22H2,1-4H3. The highest BCUT2D eigenvalue weighted by Gasteiger charge is 2.41. The summed E-state index contributed by atoms with van der Waals surface area (Å²) in [6.45, 7) is 9.54. The lowest BCUT2D eigenvalue weighted by atomic mass is 9.91. The van der Waals surface area contributed by atoms with Crippen molar-refractivity contribution in [1.29, 1.82) is 0 Å². The molecule has 1 aromatic rings. The van der Waals surface area contributed by atoms with Crippen molar-refractivity contribution >= 4 is 0 Å². The van der Waals surface area contributed by atoms with Gasteiger partial charge in [0.1, 0.15) is 0 Å². The molecule has 1 aromatic carbocycles. The summed E-state index contributed by atoms with van der Waals surface area (Å²) >= 11 is 0. The van der Waals surface area contributed by atoms with Gasteiger partial charge in [0.25, 0.3) is 5.97 Å². The topological polar surface area (TPSA) is 27.7 Å². The molecule has 0 saturated heterocycles. The predicted octanol–water partition coefficient (Wildman–Crippen LogP) is 9.79. The van der Waals surface area contributed by atoms with E-state index in [1.165, 1.54) is 32.1 Å². The van der Waals surface area contributed by atoms with Gasteiger partial charge >= 0.3 is 0 Å². The fraction of sp³-hybridized carbons (Fsp3) is 0.800. The fourth-order valence-corrected chi connectivity index (χ4v) is 5.02. The molecule has 1 unspecified atom stereocenters. The zero-order valence-electron chi connectivity index (χ0n) is 23.9. The molecule has 222 valence electrons. The van der Waals surface area contributed by atoms with Crippen LogP contribution in [0.5, 0.6) is 0 Å². The molecule has 38 heavy (non-hydrogen) atoms. The summed E-state index contributed by atoms with van der Waals surface area (Å²) in [5, 5.41) is 0. The largest absolute Gasteiger partial charge is 0.328 e. The summed E-state index contributed by atoms with van der Waals surface area (Å²) in [6.07, 6.45) is 13.7. The molecule has 1 rings (SSSR count). The number of halogens is 5. The molecule has 0 heterocycles. The molecule has 0 bridgehead atoms. The first kappa shape index (κ1) is 34.8. The third kappa shape index (κ3) is 11.1. The summed E-state index contributed by atoms with van der Waals surface area (Å²) in [7, 11) is 0. The van der Waals surface area contributed by atoms with Gasteiger partial charge in [0, 0.05) is 31.3 Å². The van der Waals surface area contributed by atoms with Crippen LogP contribution in [0, 0.1) is 35.0 Å². The maximum absolute atomic E-state index is 13.8. The highest BCUT2D eigenvalue weighted by atomic mass is 19.2. The molecule has 0 aliphatic heterocycles. The lowest BCUT2D eigenvalue weighted by molar-refractivity contribution is -0.403. The Morgan fingerprint density at radius 1 is 0.500 bits per heavy atom. The van der Waals surface area contributed by atoms with Crippen LogP contribution in [0.3, 0.4) is 0 Å². The summed E-state index contributed by atoms with van der Waals surface area (Å²) in [5.74, 6) is -10.2. The van der Waals surface area contributed by atoms with Gasteiger partial charge in [-0.15, -0.1) is 0 Å². The quantitative estimate of drug-likeness (QED) is 0.0445. The average Bonchev–Trinajstić information content (AvgIpc) is 2.90. The van der Waals surface area contributed by atoms with Crippen LogP contribution in [0.1, 0.15) is 123 Å².